The molecule has 3 atom stereocenters. The van der Waals surface area contributed by atoms with E-state index >= 15 is 0 Å². The Kier molecular flexibility index (Phi) is 7.42. The molecule has 0 radical (unpaired) electrons. The van der Waals surface area contributed by atoms with Gasteiger partial charge in [-0.15, -0.1) is 0 Å². The van der Waals surface area contributed by atoms with E-state index in [4.69, 9.17) is 0 Å². The predicted octanol–water partition coefficient (Wildman–Crippen LogP) is 5.87. The number of hydrogen-bond acceptors (Lipinski definition) is 5. The summed E-state index contributed by atoms with van der Waals surface area (Å²) in [4.78, 5) is 18.8. The van der Waals surface area contributed by atoms with E-state index in [9.17, 15) is 15.2 Å². The minimum absolute atomic E-state index is 0. The van der Waals surface area contributed by atoms with Crippen molar-refractivity contribution in [3.05, 3.63) is 87.6 Å². The summed E-state index contributed by atoms with van der Waals surface area (Å²) in [6, 6.07) is 18.1. The molecule has 2 aromatic carbocycles. The minimum Gasteiger partial charge on any atom is -0.390 e. The molecule has 4 aromatic rings. The standard InChI is InChI=1S/C31H33N5O2.CH4/c1-2-6-28-26(17-21-10-12-22(13-11-21)25-9-4-3-7-24(25)19-32)29(37)35(30-33-20-34-36(28)30)27-14-16-31(38)15-5-8-23(27)18-31;/h3-4,7,9-13,20,23,27,38H,2,5-6,8,14-18H2,1H3;1H4/t23-,27?,31+;/m1./s1. The van der Waals surface area contributed by atoms with Crippen LogP contribution in [0, 0.1) is 17.2 Å². The Bertz CT molecular complexity index is 1580. The Morgan fingerprint density at radius 1 is 1.13 bits per heavy atom. The van der Waals surface area contributed by atoms with Crippen LogP contribution in [0.5, 0.6) is 0 Å². The highest BCUT2D eigenvalue weighted by Crippen LogP contribution is 2.47. The Hall–Kier alpha value is -3.76. The normalized spacial score (nSPS) is 22.3. The van der Waals surface area contributed by atoms with Crippen LogP contribution in [0.1, 0.15) is 87.7 Å². The summed E-state index contributed by atoms with van der Waals surface area (Å²) in [6.45, 7) is 2.11. The Morgan fingerprint density at radius 3 is 2.69 bits per heavy atom. The van der Waals surface area contributed by atoms with Crippen LogP contribution < -0.4 is 5.56 Å². The van der Waals surface area contributed by atoms with Crippen LogP contribution in [-0.4, -0.2) is 29.9 Å². The fourth-order valence-electron chi connectivity index (χ4n) is 6.82. The lowest BCUT2D eigenvalue weighted by molar-refractivity contribution is -0.0640. The van der Waals surface area contributed by atoms with Crippen molar-refractivity contribution < 1.29 is 5.11 Å². The largest absolute Gasteiger partial charge is 0.390 e. The summed E-state index contributed by atoms with van der Waals surface area (Å²) in [5.74, 6) is 0.886. The number of fused-ring (bicyclic) bond motifs is 3. The molecular formula is C32H37N5O2. The second kappa shape index (κ2) is 10.8. The average molecular weight is 524 g/mol. The van der Waals surface area contributed by atoms with Crippen molar-refractivity contribution in [2.45, 2.75) is 83.8 Å². The van der Waals surface area contributed by atoms with E-state index < -0.39 is 5.60 Å². The third-order valence-electron chi connectivity index (χ3n) is 8.65. The molecule has 0 saturated heterocycles. The molecule has 2 saturated carbocycles. The maximum absolute atomic E-state index is 14.3. The first-order valence-electron chi connectivity index (χ1n) is 13.8. The molecule has 2 bridgehead atoms. The molecule has 2 fully saturated rings. The van der Waals surface area contributed by atoms with Gasteiger partial charge in [0.2, 0.25) is 5.78 Å². The van der Waals surface area contributed by atoms with E-state index in [1.807, 2.05) is 45.5 Å². The molecule has 6 rings (SSSR count). The number of nitriles is 1. The molecule has 0 spiro atoms. The second-order valence-electron chi connectivity index (χ2n) is 11.0. The van der Waals surface area contributed by atoms with Gasteiger partial charge < -0.3 is 5.11 Å². The van der Waals surface area contributed by atoms with Crippen molar-refractivity contribution in [3.8, 4) is 17.2 Å². The molecule has 7 heteroatoms. The number of nitrogens with zero attached hydrogens (tertiary/aromatic N) is 5. The van der Waals surface area contributed by atoms with Crippen LogP contribution in [0.4, 0.5) is 0 Å². The van der Waals surface area contributed by atoms with E-state index in [1.54, 1.807) is 6.33 Å². The van der Waals surface area contributed by atoms with Crippen LogP contribution in [-0.2, 0) is 12.8 Å². The topological polar surface area (TPSA) is 96.2 Å². The van der Waals surface area contributed by atoms with Crippen LogP contribution in [0.3, 0.4) is 0 Å². The summed E-state index contributed by atoms with van der Waals surface area (Å²) < 4.78 is 3.77. The van der Waals surface area contributed by atoms with Gasteiger partial charge in [-0.25, -0.2) is 4.52 Å². The fourth-order valence-corrected chi connectivity index (χ4v) is 6.82. The minimum atomic E-state index is -0.579. The summed E-state index contributed by atoms with van der Waals surface area (Å²) in [6.07, 6.45) is 8.84. The number of benzene rings is 2. The summed E-state index contributed by atoms with van der Waals surface area (Å²) >= 11 is 0. The molecule has 39 heavy (non-hydrogen) atoms. The van der Waals surface area contributed by atoms with Gasteiger partial charge in [-0.2, -0.15) is 15.3 Å². The Labute approximate surface area is 229 Å². The van der Waals surface area contributed by atoms with Gasteiger partial charge in [0.15, 0.2) is 0 Å². The van der Waals surface area contributed by atoms with Crippen molar-refractivity contribution in [2.24, 2.45) is 5.92 Å². The van der Waals surface area contributed by atoms with E-state index in [-0.39, 0.29) is 24.9 Å². The lowest BCUT2D eigenvalue weighted by Crippen LogP contribution is -2.46. The molecule has 2 aliphatic carbocycles. The quantitative estimate of drug-likeness (QED) is 0.341. The first-order valence-corrected chi connectivity index (χ1v) is 13.8. The molecule has 2 heterocycles. The van der Waals surface area contributed by atoms with Gasteiger partial charge in [-0.1, -0.05) is 69.7 Å². The van der Waals surface area contributed by atoms with Gasteiger partial charge in [0.1, 0.15) is 6.33 Å². The van der Waals surface area contributed by atoms with Gasteiger partial charge >= 0.3 is 0 Å². The number of aromatic nitrogens is 4. The molecular weight excluding hydrogens is 486 g/mol. The molecule has 1 unspecified atom stereocenters. The van der Waals surface area contributed by atoms with Crippen LogP contribution in [0.25, 0.3) is 16.9 Å². The molecule has 0 amide bonds. The zero-order valence-electron chi connectivity index (χ0n) is 21.8. The van der Waals surface area contributed by atoms with Crippen molar-refractivity contribution in [3.63, 3.8) is 0 Å². The van der Waals surface area contributed by atoms with Gasteiger partial charge in [0.05, 0.1) is 22.9 Å². The van der Waals surface area contributed by atoms with Crippen LogP contribution in [0.2, 0.25) is 0 Å². The first kappa shape index (κ1) is 26.8. The summed E-state index contributed by atoms with van der Waals surface area (Å²) in [5.41, 5.74) is 4.72. The highest BCUT2D eigenvalue weighted by molar-refractivity contribution is 5.70. The van der Waals surface area contributed by atoms with Crippen molar-refractivity contribution in [1.29, 1.82) is 5.26 Å². The van der Waals surface area contributed by atoms with Gasteiger partial charge in [-0.3, -0.25) is 9.36 Å². The number of aryl methyl sites for hydroxylation is 1. The van der Waals surface area contributed by atoms with E-state index in [0.717, 1.165) is 79.3 Å². The van der Waals surface area contributed by atoms with Crippen molar-refractivity contribution >= 4 is 5.78 Å². The van der Waals surface area contributed by atoms with E-state index in [2.05, 4.69) is 35.2 Å². The highest BCUT2D eigenvalue weighted by Gasteiger charge is 2.44. The van der Waals surface area contributed by atoms with Crippen LogP contribution >= 0.6 is 0 Å². The molecule has 7 nitrogen and oxygen atoms in total. The Morgan fingerprint density at radius 2 is 1.92 bits per heavy atom. The maximum Gasteiger partial charge on any atom is 0.259 e. The van der Waals surface area contributed by atoms with Crippen molar-refractivity contribution in [2.75, 3.05) is 0 Å². The highest BCUT2D eigenvalue weighted by atomic mass is 16.3. The van der Waals surface area contributed by atoms with Gasteiger partial charge in [0, 0.05) is 18.0 Å². The summed E-state index contributed by atoms with van der Waals surface area (Å²) in [7, 11) is 0. The number of hydrogen-bond donors (Lipinski definition) is 1. The van der Waals surface area contributed by atoms with Gasteiger partial charge in [0.25, 0.3) is 5.56 Å². The Balaban J connectivity index is 0.00000308. The lowest BCUT2D eigenvalue weighted by atomic mass is 9.67. The second-order valence-corrected chi connectivity index (χ2v) is 11.0. The molecule has 1 N–H and O–H groups in total. The molecule has 0 aliphatic heterocycles. The summed E-state index contributed by atoms with van der Waals surface area (Å²) in [5, 5.41) is 25.0. The lowest BCUT2D eigenvalue weighted by Gasteiger charge is -2.46. The first-order chi connectivity index (χ1) is 18.5. The SMILES string of the molecule is C.CCCc1c(Cc2ccc(-c3ccccc3C#N)cc2)c(=O)n(C2CC[C@@]3(O)CCC[C@@H]2C3)c2ncnn12. The molecule has 2 aromatic heterocycles. The zero-order valence-corrected chi connectivity index (χ0v) is 21.8. The van der Waals surface area contributed by atoms with Crippen LogP contribution in [0.15, 0.2) is 59.7 Å². The van der Waals surface area contributed by atoms with Crippen molar-refractivity contribution in [1.82, 2.24) is 19.2 Å². The predicted molar refractivity (Wildman–Crippen MR) is 153 cm³/mol. The molecule has 2 aliphatic rings. The monoisotopic (exact) mass is 523 g/mol. The zero-order chi connectivity index (χ0) is 26.3. The van der Waals surface area contributed by atoms with E-state index in [1.165, 1.54) is 0 Å². The number of rotatable bonds is 6. The van der Waals surface area contributed by atoms with E-state index in [0.29, 0.717) is 17.8 Å². The third-order valence-corrected chi connectivity index (χ3v) is 8.65. The maximum atomic E-state index is 14.3. The number of aliphatic hydroxyl groups is 1. The smallest absolute Gasteiger partial charge is 0.259 e. The average Bonchev–Trinajstić information content (AvgIpc) is 3.41. The fraction of sp³-hybridized carbons (Fsp3) is 0.438. The van der Waals surface area contributed by atoms with Gasteiger partial charge in [-0.05, 0) is 67.2 Å². The third kappa shape index (κ3) is 4.79. The molecule has 202 valence electrons.